The number of alkyl carbamates (subject to hydrolysis) is 1. The summed E-state index contributed by atoms with van der Waals surface area (Å²) in [4.78, 5) is 13.7. The maximum atomic E-state index is 11.4. The van der Waals surface area contributed by atoms with E-state index in [2.05, 4.69) is 17.3 Å². The number of nitrogens with zero attached hydrogens (tertiary/aromatic N) is 1. The Kier molecular flexibility index (Phi) is 4.59. The molecule has 4 heteroatoms. The van der Waals surface area contributed by atoms with Gasteiger partial charge < -0.3 is 15.0 Å². The zero-order valence-corrected chi connectivity index (χ0v) is 10.9. The van der Waals surface area contributed by atoms with Crippen LogP contribution in [0.5, 0.6) is 0 Å². The Bertz CT molecular complexity index is 236. The Morgan fingerprint density at radius 3 is 2.75 bits per heavy atom. The number of ether oxygens (including phenoxy) is 1. The van der Waals surface area contributed by atoms with E-state index in [1.807, 2.05) is 20.8 Å². The van der Waals surface area contributed by atoms with Gasteiger partial charge in [0.15, 0.2) is 0 Å². The Morgan fingerprint density at radius 1 is 1.50 bits per heavy atom. The lowest BCUT2D eigenvalue weighted by atomic mass is 9.99. The molecule has 4 nitrogen and oxygen atoms in total. The van der Waals surface area contributed by atoms with Gasteiger partial charge in [0.05, 0.1) is 0 Å². The van der Waals surface area contributed by atoms with Crippen molar-refractivity contribution < 1.29 is 9.53 Å². The summed E-state index contributed by atoms with van der Waals surface area (Å²) in [6, 6.07) is 0. The molecule has 0 radical (unpaired) electrons. The van der Waals surface area contributed by atoms with Crippen LogP contribution in [0.15, 0.2) is 0 Å². The average molecular weight is 228 g/mol. The minimum atomic E-state index is -0.409. The van der Waals surface area contributed by atoms with Crippen LogP contribution >= 0.6 is 0 Å². The Morgan fingerprint density at radius 2 is 2.19 bits per heavy atom. The van der Waals surface area contributed by atoms with Crippen LogP contribution in [0.2, 0.25) is 0 Å². The van der Waals surface area contributed by atoms with Crippen molar-refractivity contribution in [1.82, 2.24) is 10.2 Å². The molecular weight excluding hydrogens is 204 g/mol. The summed E-state index contributed by atoms with van der Waals surface area (Å²) in [5, 5.41) is 2.84. The lowest BCUT2D eigenvalue weighted by molar-refractivity contribution is 0.0510. The van der Waals surface area contributed by atoms with Crippen molar-refractivity contribution in [3.63, 3.8) is 0 Å². The van der Waals surface area contributed by atoms with Crippen molar-refractivity contribution in [3.05, 3.63) is 0 Å². The van der Waals surface area contributed by atoms with Crippen LogP contribution in [0.3, 0.4) is 0 Å². The molecule has 1 N–H and O–H groups in total. The first-order chi connectivity index (χ1) is 7.37. The molecule has 0 saturated carbocycles. The molecule has 0 aromatic heterocycles. The van der Waals surface area contributed by atoms with Crippen molar-refractivity contribution in [3.8, 4) is 0 Å². The quantitative estimate of drug-likeness (QED) is 0.784. The van der Waals surface area contributed by atoms with Gasteiger partial charge in [0.1, 0.15) is 5.60 Å². The normalized spacial score (nSPS) is 22.9. The fourth-order valence-electron chi connectivity index (χ4n) is 1.98. The van der Waals surface area contributed by atoms with Crippen LogP contribution in [0, 0.1) is 5.92 Å². The second kappa shape index (κ2) is 5.53. The van der Waals surface area contributed by atoms with E-state index in [-0.39, 0.29) is 6.09 Å². The maximum absolute atomic E-state index is 11.4. The summed E-state index contributed by atoms with van der Waals surface area (Å²) < 4.78 is 5.19. The van der Waals surface area contributed by atoms with Gasteiger partial charge in [-0.1, -0.05) is 0 Å². The van der Waals surface area contributed by atoms with Gasteiger partial charge in [-0.2, -0.15) is 0 Å². The number of rotatable bonds is 2. The van der Waals surface area contributed by atoms with Crippen LogP contribution in [-0.2, 0) is 4.74 Å². The highest BCUT2D eigenvalue weighted by Gasteiger charge is 2.20. The predicted octanol–water partition coefficient (Wildman–Crippen LogP) is 1.85. The van der Waals surface area contributed by atoms with Crippen molar-refractivity contribution in [2.75, 3.05) is 26.7 Å². The number of amides is 1. The second-order valence-corrected chi connectivity index (χ2v) is 5.65. The van der Waals surface area contributed by atoms with Crippen molar-refractivity contribution in [1.29, 1.82) is 0 Å². The number of carbonyl (C=O) groups excluding carboxylic acids is 1. The number of likely N-dealkylation sites (tertiary alicyclic amines) is 1. The third kappa shape index (κ3) is 5.35. The molecule has 0 unspecified atom stereocenters. The van der Waals surface area contributed by atoms with E-state index < -0.39 is 5.60 Å². The van der Waals surface area contributed by atoms with E-state index >= 15 is 0 Å². The number of nitrogens with one attached hydrogen (secondary N) is 1. The number of piperidine rings is 1. The van der Waals surface area contributed by atoms with Gasteiger partial charge in [-0.15, -0.1) is 0 Å². The van der Waals surface area contributed by atoms with E-state index in [0.29, 0.717) is 5.92 Å². The van der Waals surface area contributed by atoms with Gasteiger partial charge in [0.2, 0.25) is 0 Å². The first-order valence-electron chi connectivity index (χ1n) is 6.02. The lowest BCUT2D eigenvalue weighted by Gasteiger charge is -2.30. The molecule has 0 aliphatic carbocycles. The number of hydrogen-bond donors (Lipinski definition) is 1. The standard InChI is InChI=1S/C12H24N2O2/c1-12(2,3)16-11(15)13-8-10-6-5-7-14(4)9-10/h10H,5-9H2,1-4H3,(H,13,15)/t10-/m1/s1. The van der Waals surface area contributed by atoms with Gasteiger partial charge >= 0.3 is 6.09 Å². The van der Waals surface area contributed by atoms with E-state index in [0.717, 1.165) is 13.1 Å². The van der Waals surface area contributed by atoms with Gasteiger partial charge in [0.25, 0.3) is 0 Å². The van der Waals surface area contributed by atoms with Crippen LogP contribution in [-0.4, -0.2) is 43.3 Å². The molecule has 0 bridgehead atoms. The Labute approximate surface area is 98.3 Å². The highest BCUT2D eigenvalue weighted by molar-refractivity contribution is 5.67. The summed E-state index contributed by atoms with van der Waals surface area (Å²) in [6.45, 7) is 8.58. The van der Waals surface area contributed by atoms with Gasteiger partial charge in [-0.05, 0) is 53.1 Å². The topological polar surface area (TPSA) is 41.6 Å². The minimum absolute atomic E-state index is 0.305. The minimum Gasteiger partial charge on any atom is -0.444 e. The van der Waals surface area contributed by atoms with Crippen molar-refractivity contribution >= 4 is 6.09 Å². The molecule has 16 heavy (non-hydrogen) atoms. The smallest absolute Gasteiger partial charge is 0.407 e. The molecule has 1 amide bonds. The molecule has 0 aromatic carbocycles. The summed E-state index contributed by atoms with van der Waals surface area (Å²) in [6.07, 6.45) is 2.11. The number of hydrogen-bond acceptors (Lipinski definition) is 3. The third-order valence-electron chi connectivity index (χ3n) is 2.66. The van der Waals surface area contributed by atoms with Crippen LogP contribution in [0.1, 0.15) is 33.6 Å². The summed E-state index contributed by atoms with van der Waals surface area (Å²) >= 11 is 0. The van der Waals surface area contributed by atoms with Crippen LogP contribution in [0.25, 0.3) is 0 Å². The zero-order valence-electron chi connectivity index (χ0n) is 10.9. The zero-order chi connectivity index (χ0) is 12.2. The van der Waals surface area contributed by atoms with Gasteiger partial charge in [-0.25, -0.2) is 4.79 Å². The van der Waals surface area contributed by atoms with E-state index in [1.54, 1.807) is 0 Å². The monoisotopic (exact) mass is 228 g/mol. The third-order valence-corrected chi connectivity index (χ3v) is 2.66. The first kappa shape index (κ1) is 13.3. The van der Waals surface area contributed by atoms with Crippen molar-refractivity contribution in [2.24, 2.45) is 5.92 Å². The van der Waals surface area contributed by atoms with E-state index in [9.17, 15) is 4.79 Å². The van der Waals surface area contributed by atoms with Gasteiger partial charge in [0, 0.05) is 13.1 Å². The van der Waals surface area contributed by atoms with Crippen LogP contribution in [0.4, 0.5) is 4.79 Å². The van der Waals surface area contributed by atoms with Gasteiger partial charge in [-0.3, -0.25) is 0 Å². The fourth-order valence-corrected chi connectivity index (χ4v) is 1.98. The molecule has 1 aliphatic heterocycles. The van der Waals surface area contributed by atoms with Crippen molar-refractivity contribution in [2.45, 2.75) is 39.2 Å². The molecule has 94 valence electrons. The molecule has 0 spiro atoms. The fraction of sp³-hybridized carbons (Fsp3) is 0.917. The molecule has 1 heterocycles. The molecule has 1 atom stereocenters. The summed E-state index contributed by atoms with van der Waals surface area (Å²) in [5.74, 6) is 0.561. The lowest BCUT2D eigenvalue weighted by Crippen LogP contribution is -2.40. The Hall–Kier alpha value is -0.770. The molecule has 1 fully saturated rings. The Balaban J connectivity index is 2.21. The maximum Gasteiger partial charge on any atom is 0.407 e. The SMILES string of the molecule is CN1CCC[C@H](CNC(=O)OC(C)(C)C)C1. The van der Waals surface area contributed by atoms with E-state index in [1.165, 1.54) is 19.4 Å². The van der Waals surface area contributed by atoms with E-state index in [4.69, 9.17) is 4.74 Å². The molecule has 1 aliphatic rings. The molecule has 1 saturated heterocycles. The highest BCUT2D eigenvalue weighted by atomic mass is 16.6. The number of carbonyl (C=O) groups is 1. The average Bonchev–Trinajstić information content (AvgIpc) is 2.12. The first-order valence-corrected chi connectivity index (χ1v) is 6.02. The highest BCUT2D eigenvalue weighted by Crippen LogP contribution is 2.14. The predicted molar refractivity (Wildman–Crippen MR) is 64.5 cm³/mol. The molecule has 0 aromatic rings. The summed E-state index contributed by atoms with van der Waals surface area (Å²) in [5.41, 5.74) is -0.409. The van der Waals surface area contributed by atoms with Crippen LogP contribution < -0.4 is 5.32 Å². The largest absolute Gasteiger partial charge is 0.444 e. The molecule has 1 rings (SSSR count). The summed E-state index contributed by atoms with van der Waals surface area (Å²) in [7, 11) is 2.12. The molecular formula is C12H24N2O2. The second-order valence-electron chi connectivity index (χ2n) is 5.65.